The second-order valence-corrected chi connectivity index (χ2v) is 4.74. The van der Waals surface area contributed by atoms with Crippen molar-refractivity contribution < 1.29 is 9.90 Å². The van der Waals surface area contributed by atoms with Crippen LogP contribution >= 0.6 is 11.6 Å². The first kappa shape index (κ1) is 16.0. The number of nitrogens with one attached hydrogen (secondary N) is 1. The highest BCUT2D eigenvalue weighted by Gasteiger charge is 2.19. The lowest BCUT2D eigenvalue weighted by Gasteiger charge is -2.20. The molecule has 0 amide bonds. The summed E-state index contributed by atoms with van der Waals surface area (Å²) in [6.45, 7) is 7.58. The van der Waals surface area contributed by atoms with Gasteiger partial charge < -0.3 is 10.0 Å². The van der Waals surface area contributed by atoms with E-state index in [1.165, 1.54) is 0 Å². The van der Waals surface area contributed by atoms with E-state index in [1.54, 1.807) is 24.3 Å². The van der Waals surface area contributed by atoms with E-state index < -0.39 is 12.0 Å². The van der Waals surface area contributed by atoms with E-state index in [1.807, 2.05) is 0 Å². The molecule has 0 aliphatic rings. The van der Waals surface area contributed by atoms with Crippen LogP contribution in [0.4, 0.5) is 0 Å². The quantitative estimate of drug-likeness (QED) is 0.770. The van der Waals surface area contributed by atoms with E-state index >= 15 is 0 Å². The second-order valence-electron chi connectivity index (χ2n) is 4.31. The third kappa shape index (κ3) is 5.19. The molecule has 1 rings (SSSR count). The van der Waals surface area contributed by atoms with Crippen LogP contribution in [0.2, 0.25) is 5.02 Å². The Bertz CT molecular complexity index is 408. The zero-order chi connectivity index (χ0) is 14.3. The molecule has 0 radical (unpaired) electrons. The van der Waals surface area contributed by atoms with Crippen molar-refractivity contribution in [3.05, 3.63) is 34.9 Å². The molecule has 0 aliphatic carbocycles. The SMILES string of the molecule is CCN(CC)CCNC(C(=O)O)c1cccc(Cl)c1. The van der Waals surface area contributed by atoms with Crippen molar-refractivity contribution in [2.24, 2.45) is 0 Å². The summed E-state index contributed by atoms with van der Waals surface area (Å²) in [5, 5.41) is 12.9. The molecule has 0 saturated carbocycles. The van der Waals surface area contributed by atoms with Crippen LogP contribution in [0.3, 0.4) is 0 Å². The highest BCUT2D eigenvalue weighted by molar-refractivity contribution is 6.30. The zero-order valence-electron chi connectivity index (χ0n) is 11.4. The van der Waals surface area contributed by atoms with Crippen LogP contribution in [0, 0.1) is 0 Å². The van der Waals surface area contributed by atoms with Gasteiger partial charge in [-0.3, -0.25) is 10.1 Å². The van der Waals surface area contributed by atoms with Gasteiger partial charge >= 0.3 is 5.97 Å². The third-order valence-electron chi connectivity index (χ3n) is 3.10. The summed E-state index contributed by atoms with van der Waals surface area (Å²) in [5.41, 5.74) is 0.680. The molecule has 0 heterocycles. The van der Waals surface area contributed by atoms with Gasteiger partial charge in [-0.2, -0.15) is 0 Å². The number of nitrogens with zero attached hydrogens (tertiary/aromatic N) is 1. The molecule has 2 N–H and O–H groups in total. The first-order chi connectivity index (χ1) is 9.08. The van der Waals surface area contributed by atoms with Crippen LogP contribution in [-0.4, -0.2) is 42.2 Å². The largest absolute Gasteiger partial charge is 0.480 e. The summed E-state index contributed by atoms with van der Waals surface area (Å²) < 4.78 is 0. The van der Waals surface area contributed by atoms with E-state index in [0.717, 1.165) is 19.6 Å². The molecule has 106 valence electrons. The fraction of sp³-hybridized carbons (Fsp3) is 0.500. The van der Waals surface area contributed by atoms with Gasteiger partial charge in [0, 0.05) is 18.1 Å². The monoisotopic (exact) mass is 284 g/mol. The maximum Gasteiger partial charge on any atom is 0.325 e. The second kappa shape index (κ2) is 8.15. The Morgan fingerprint density at radius 2 is 2.11 bits per heavy atom. The molecule has 0 bridgehead atoms. The summed E-state index contributed by atoms with van der Waals surface area (Å²) in [6, 6.07) is 6.24. The average molecular weight is 285 g/mol. The number of carbonyl (C=O) groups is 1. The van der Waals surface area contributed by atoms with Gasteiger partial charge in [0.1, 0.15) is 6.04 Å². The smallest absolute Gasteiger partial charge is 0.325 e. The number of likely N-dealkylation sites (N-methyl/N-ethyl adjacent to an activating group) is 1. The molecular weight excluding hydrogens is 264 g/mol. The Morgan fingerprint density at radius 1 is 1.42 bits per heavy atom. The summed E-state index contributed by atoms with van der Waals surface area (Å²) in [4.78, 5) is 13.5. The summed E-state index contributed by atoms with van der Waals surface area (Å²) >= 11 is 5.89. The minimum absolute atomic E-state index is 0.550. The van der Waals surface area contributed by atoms with E-state index in [4.69, 9.17) is 11.6 Å². The lowest BCUT2D eigenvalue weighted by atomic mass is 10.1. The van der Waals surface area contributed by atoms with Crippen molar-refractivity contribution in [3.8, 4) is 0 Å². The first-order valence-corrected chi connectivity index (χ1v) is 6.90. The van der Waals surface area contributed by atoms with E-state index in [0.29, 0.717) is 17.1 Å². The standard InChI is InChI=1S/C14H21ClN2O2/c1-3-17(4-2)9-8-16-13(14(18)19)11-6-5-7-12(15)10-11/h5-7,10,13,16H,3-4,8-9H2,1-2H3,(H,18,19). The normalized spacial score (nSPS) is 12.6. The van der Waals surface area contributed by atoms with Crippen LogP contribution in [0.5, 0.6) is 0 Å². The summed E-state index contributed by atoms with van der Waals surface area (Å²) in [5.74, 6) is -0.887. The number of rotatable bonds is 8. The Labute approximate surface area is 119 Å². The van der Waals surface area contributed by atoms with Crippen molar-refractivity contribution >= 4 is 17.6 Å². The molecule has 4 nitrogen and oxygen atoms in total. The highest BCUT2D eigenvalue weighted by atomic mass is 35.5. The van der Waals surface area contributed by atoms with Crippen LogP contribution in [-0.2, 0) is 4.79 Å². The van der Waals surface area contributed by atoms with Crippen molar-refractivity contribution in [2.75, 3.05) is 26.2 Å². The zero-order valence-corrected chi connectivity index (χ0v) is 12.2. The molecule has 0 aliphatic heterocycles. The molecule has 1 unspecified atom stereocenters. The topological polar surface area (TPSA) is 52.6 Å². The van der Waals surface area contributed by atoms with Crippen LogP contribution in [0.1, 0.15) is 25.5 Å². The van der Waals surface area contributed by atoms with Crippen LogP contribution in [0.15, 0.2) is 24.3 Å². The Kier molecular flexibility index (Phi) is 6.84. The molecule has 0 aromatic heterocycles. The number of hydrogen-bond donors (Lipinski definition) is 2. The first-order valence-electron chi connectivity index (χ1n) is 6.52. The predicted molar refractivity (Wildman–Crippen MR) is 77.6 cm³/mol. The number of benzene rings is 1. The average Bonchev–Trinajstić information content (AvgIpc) is 2.38. The molecule has 0 fully saturated rings. The van der Waals surface area contributed by atoms with Gasteiger partial charge in [0.2, 0.25) is 0 Å². The van der Waals surface area contributed by atoms with Gasteiger partial charge in [-0.05, 0) is 30.8 Å². The maximum absolute atomic E-state index is 11.3. The van der Waals surface area contributed by atoms with Crippen LogP contribution in [0.25, 0.3) is 0 Å². The minimum Gasteiger partial charge on any atom is -0.480 e. The summed E-state index contributed by atoms with van der Waals surface area (Å²) in [7, 11) is 0. The molecule has 1 aromatic rings. The maximum atomic E-state index is 11.3. The van der Waals surface area contributed by atoms with E-state index in [2.05, 4.69) is 24.1 Å². The lowest BCUT2D eigenvalue weighted by Crippen LogP contribution is -2.36. The highest BCUT2D eigenvalue weighted by Crippen LogP contribution is 2.17. The van der Waals surface area contributed by atoms with Crippen molar-refractivity contribution in [1.82, 2.24) is 10.2 Å². The van der Waals surface area contributed by atoms with Crippen molar-refractivity contribution in [2.45, 2.75) is 19.9 Å². The van der Waals surface area contributed by atoms with Gasteiger partial charge in [0.25, 0.3) is 0 Å². The fourth-order valence-corrected chi connectivity index (χ4v) is 2.14. The number of halogens is 1. The predicted octanol–water partition coefficient (Wildman–Crippen LogP) is 2.40. The van der Waals surface area contributed by atoms with Gasteiger partial charge in [-0.15, -0.1) is 0 Å². The van der Waals surface area contributed by atoms with E-state index in [9.17, 15) is 9.90 Å². The van der Waals surface area contributed by atoms with Gasteiger partial charge in [0.15, 0.2) is 0 Å². The van der Waals surface area contributed by atoms with E-state index in [-0.39, 0.29) is 0 Å². The molecule has 1 atom stereocenters. The molecule has 0 saturated heterocycles. The lowest BCUT2D eigenvalue weighted by molar-refractivity contribution is -0.139. The minimum atomic E-state index is -0.887. The van der Waals surface area contributed by atoms with Gasteiger partial charge in [-0.1, -0.05) is 37.6 Å². The number of hydrogen-bond acceptors (Lipinski definition) is 3. The number of aliphatic carboxylic acids is 1. The Balaban J connectivity index is 2.62. The molecule has 5 heteroatoms. The van der Waals surface area contributed by atoms with Crippen LogP contribution < -0.4 is 5.32 Å². The molecule has 1 aromatic carbocycles. The Hall–Kier alpha value is -1.10. The Morgan fingerprint density at radius 3 is 2.63 bits per heavy atom. The van der Waals surface area contributed by atoms with Crippen molar-refractivity contribution in [3.63, 3.8) is 0 Å². The van der Waals surface area contributed by atoms with Gasteiger partial charge in [-0.25, -0.2) is 0 Å². The number of carboxylic acid groups (broad SMARTS) is 1. The molecular formula is C14H21ClN2O2. The fourth-order valence-electron chi connectivity index (χ4n) is 1.94. The summed E-state index contributed by atoms with van der Waals surface area (Å²) in [6.07, 6.45) is 0. The molecule has 19 heavy (non-hydrogen) atoms. The van der Waals surface area contributed by atoms with Crippen molar-refractivity contribution in [1.29, 1.82) is 0 Å². The molecule has 0 spiro atoms. The third-order valence-corrected chi connectivity index (χ3v) is 3.33. The number of carboxylic acids is 1. The van der Waals surface area contributed by atoms with Gasteiger partial charge in [0.05, 0.1) is 0 Å².